The molecular formula is C14H27NO3. The van der Waals surface area contributed by atoms with Gasteiger partial charge in [0.1, 0.15) is 5.41 Å². The highest BCUT2D eigenvalue weighted by molar-refractivity contribution is 6.03. The summed E-state index contributed by atoms with van der Waals surface area (Å²) in [6.45, 7) is 10.7. The smallest absolute Gasteiger partial charge is 0.319 e. The molecule has 1 unspecified atom stereocenters. The molecule has 0 bridgehead atoms. The van der Waals surface area contributed by atoms with Crippen LogP contribution in [0.4, 0.5) is 0 Å². The van der Waals surface area contributed by atoms with Crippen LogP contribution in [0.5, 0.6) is 0 Å². The molecule has 4 heteroatoms. The lowest BCUT2D eigenvalue weighted by atomic mass is 9.87. The third-order valence-electron chi connectivity index (χ3n) is 3.22. The molecule has 0 saturated carbocycles. The number of hydrogen-bond acceptors (Lipinski definition) is 4. The van der Waals surface area contributed by atoms with E-state index < -0.39 is 11.4 Å². The van der Waals surface area contributed by atoms with E-state index in [4.69, 9.17) is 4.74 Å². The molecule has 0 aromatic heterocycles. The highest BCUT2D eigenvalue weighted by atomic mass is 16.5. The van der Waals surface area contributed by atoms with Crippen LogP contribution in [-0.4, -0.2) is 43.4 Å². The molecule has 0 amide bonds. The van der Waals surface area contributed by atoms with Crippen LogP contribution in [0.1, 0.15) is 41.0 Å². The molecule has 0 fully saturated rings. The number of Topliss-reactive ketones (excluding diaryl/α,β-unsaturated/α-hetero) is 1. The number of rotatable bonds is 8. The van der Waals surface area contributed by atoms with Gasteiger partial charge in [0.15, 0.2) is 5.78 Å². The summed E-state index contributed by atoms with van der Waals surface area (Å²) in [4.78, 5) is 25.8. The van der Waals surface area contributed by atoms with E-state index in [1.807, 2.05) is 11.9 Å². The van der Waals surface area contributed by atoms with Gasteiger partial charge in [0.2, 0.25) is 0 Å². The van der Waals surface area contributed by atoms with Crippen LogP contribution in [0.2, 0.25) is 0 Å². The molecular weight excluding hydrogens is 230 g/mol. The van der Waals surface area contributed by atoms with Crippen LogP contribution in [0, 0.1) is 11.3 Å². The van der Waals surface area contributed by atoms with Crippen LogP contribution in [0.3, 0.4) is 0 Å². The fraction of sp³-hybridized carbons (Fsp3) is 0.857. The van der Waals surface area contributed by atoms with Gasteiger partial charge in [0.25, 0.3) is 0 Å². The van der Waals surface area contributed by atoms with E-state index in [1.165, 1.54) is 0 Å². The van der Waals surface area contributed by atoms with Crippen molar-refractivity contribution in [3.05, 3.63) is 0 Å². The number of nitrogens with zero attached hydrogens (tertiary/aromatic N) is 1. The first-order chi connectivity index (χ1) is 8.25. The first-order valence-corrected chi connectivity index (χ1v) is 6.64. The van der Waals surface area contributed by atoms with Gasteiger partial charge in [0, 0.05) is 6.54 Å². The van der Waals surface area contributed by atoms with Crippen LogP contribution in [-0.2, 0) is 14.3 Å². The zero-order chi connectivity index (χ0) is 14.3. The highest BCUT2D eigenvalue weighted by Crippen LogP contribution is 2.19. The molecule has 0 aliphatic rings. The molecule has 0 spiro atoms. The minimum absolute atomic E-state index is 0.0910. The number of esters is 1. The summed E-state index contributed by atoms with van der Waals surface area (Å²) < 4.78 is 4.93. The molecule has 0 saturated heterocycles. The number of carbonyl (C=O) groups excluding carboxylic acids is 2. The van der Waals surface area contributed by atoms with Crippen LogP contribution >= 0.6 is 0 Å². The van der Waals surface area contributed by atoms with E-state index in [-0.39, 0.29) is 12.3 Å². The van der Waals surface area contributed by atoms with Crippen LogP contribution in [0.25, 0.3) is 0 Å². The predicted octanol–water partition coefficient (Wildman–Crippen LogP) is 2.12. The lowest BCUT2D eigenvalue weighted by Gasteiger charge is -2.25. The summed E-state index contributed by atoms with van der Waals surface area (Å²) in [6, 6.07) is 0. The van der Waals surface area contributed by atoms with E-state index in [1.54, 1.807) is 20.8 Å². The van der Waals surface area contributed by atoms with Crippen molar-refractivity contribution in [3.8, 4) is 0 Å². The first-order valence-electron chi connectivity index (χ1n) is 6.64. The van der Waals surface area contributed by atoms with E-state index in [2.05, 4.69) is 13.8 Å². The van der Waals surface area contributed by atoms with Crippen molar-refractivity contribution in [1.82, 2.24) is 4.90 Å². The molecule has 106 valence electrons. The van der Waals surface area contributed by atoms with Gasteiger partial charge in [-0.2, -0.15) is 0 Å². The largest absolute Gasteiger partial charge is 0.465 e. The van der Waals surface area contributed by atoms with Crippen molar-refractivity contribution in [1.29, 1.82) is 0 Å². The Morgan fingerprint density at radius 3 is 2.28 bits per heavy atom. The Labute approximate surface area is 111 Å². The van der Waals surface area contributed by atoms with Gasteiger partial charge < -0.3 is 4.74 Å². The zero-order valence-corrected chi connectivity index (χ0v) is 12.6. The lowest BCUT2D eigenvalue weighted by Crippen LogP contribution is -2.42. The Morgan fingerprint density at radius 2 is 1.83 bits per heavy atom. The second kappa shape index (κ2) is 7.52. The van der Waals surface area contributed by atoms with E-state index >= 15 is 0 Å². The monoisotopic (exact) mass is 257 g/mol. The van der Waals surface area contributed by atoms with Gasteiger partial charge in [0.05, 0.1) is 13.2 Å². The molecule has 1 atom stereocenters. The van der Waals surface area contributed by atoms with Crippen molar-refractivity contribution >= 4 is 11.8 Å². The minimum atomic E-state index is -1.06. The third-order valence-corrected chi connectivity index (χ3v) is 3.22. The fourth-order valence-electron chi connectivity index (χ4n) is 1.59. The van der Waals surface area contributed by atoms with E-state index in [9.17, 15) is 9.59 Å². The van der Waals surface area contributed by atoms with Crippen molar-refractivity contribution < 1.29 is 14.3 Å². The van der Waals surface area contributed by atoms with E-state index in [0.717, 1.165) is 13.0 Å². The molecule has 0 rings (SSSR count). The molecule has 0 heterocycles. The van der Waals surface area contributed by atoms with Crippen LogP contribution < -0.4 is 0 Å². The standard InChI is InChI=1S/C14H27NO3/c1-7-11(3)9-15(6)10-12(16)14(4,5)13(17)18-8-2/h11H,7-10H2,1-6H3. The first kappa shape index (κ1) is 17.1. The van der Waals surface area contributed by atoms with E-state index in [0.29, 0.717) is 12.5 Å². The molecule has 0 aliphatic carbocycles. The third kappa shape index (κ3) is 5.17. The average molecular weight is 257 g/mol. The second-order valence-electron chi connectivity index (χ2n) is 5.48. The van der Waals surface area contributed by atoms with Crippen molar-refractivity contribution in [2.75, 3.05) is 26.7 Å². The molecule has 4 nitrogen and oxygen atoms in total. The zero-order valence-electron chi connectivity index (χ0n) is 12.6. The van der Waals surface area contributed by atoms with Gasteiger partial charge in [-0.15, -0.1) is 0 Å². The Bertz CT molecular complexity index is 287. The summed E-state index contributed by atoms with van der Waals surface area (Å²) in [5.41, 5.74) is -1.06. The molecule has 0 N–H and O–H groups in total. The van der Waals surface area contributed by atoms with Gasteiger partial charge in [-0.05, 0) is 33.7 Å². The Morgan fingerprint density at radius 1 is 1.28 bits per heavy atom. The fourth-order valence-corrected chi connectivity index (χ4v) is 1.59. The topological polar surface area (TPSA) is 46.6 Å². The normalized spacial score (nSPS) is 13.5. The number of hydrogen-bond donors (Lipinski definition) is 0. The Balaban J connectivity index is 4.42. The number of carbonyl (C=O) groups is 2. The van der Waals surface area contributed by atoms with Crippen molar-refractivity contribution in [2.45, 2.75) is 41.0 Å². The summed E-state index contributed by atoms with van der Waals surface area (Å²) in [5.74, 6) is 0.0206. The predicted molar refractivity (Wildman–Crippen MR) is 72.4 cm³/mol. The minimum Gasteiger partial charge on any atom is -0.465 e. The summed E-state index contributed by atoms with van der Waals surface area (Å²) in [7, 11) is 1.91. The second-order valence-corrected chi connectivity index (χ2v) is 5.48. The Kier molecular flexibility index (Phi) is 7.14. The SMILES string of the molecule is CCOC(=O)C(C)(C)C(=O)CN(C)CC(C)CC. The summed E-state index contributed by atoms with van der Waals surface area (Å²) in [6.07, 6.45) is 1.08. The lowest BCUT2D eigenvalue weighted by molar-refractivity contribution is -0.158. The summed E-state index contributed by atoms with van der Waals surface area (Å²) >= 11 is 0. The summed E-state index contributed by atoms with van der Waals surface area (Å²) in [5, 5.41) is 0. The van der Waals surface area contributed by atoms with Gasteiger partial charge in [-0.3, -0.25) is 14.5 Å². The molecule has 0 aromatic rings. The maximum Gasteiger partial charge on any atom is 0.319 e. The Hall–Kier alpha value is -0.900. The van der Waals surface area contributed by atoms with Crippen molar-refractivity contribution in [2.24, 2.45) is 11.3 Å². The molecule has 0 aromatic carbocycles. The maximum absolute atomic E-state index is 12.1. The van der Waals surface area contributed by atoms with Crippen LogP contribution in [0.15, 0.2) is 0 Å². The number of ketones is 1. The van der Waals surface area contributed by atoms with Gasteiger partial charge in [-0.1, -0.05) is 20.3 Å². The maximum atomic E-state index is 12.1. The van der Waals surface area contributed by atoms with Gasteiger partial charge >= 0.3 is 5.97 Å². The molecule has 18 heavy (non-hydrogen) atoms. The average Bonchev–Trinajstić information content (AvgIpc) is 2.28. The molecule has 0 aliphatic heterocycles. The highest BCUT2D eigenvalue weighted by Gasteiger charge is 2.37. The molecule has 0 radical (unpaired) electrons. The number of ether oxygens (including phenoxy) is 1. The number of likely N-dealkylation sites (N-methyl/N-ethyl adjacent to an activating group) is 1. The van der Waals surface area contributed by atoms with Crippen molar-refractivity contribution in [3.63, 3.8) is 0 Å². The quantitative estimate of drug-likeness (QED) is 0.493. The van der Waals surface area contributed by atoms with Gasteiger partial charge in [-0.25, -0.2) is 0 Å².